The van der Waals surface area contributed by atoms with Gasteiger partial charge in [-0.1, -0.05) is 0 Å². The summed E-state index contributed by atoms with van der Waals surface area (Å²) in [5.74, 6) is 0.209. The first kappa shape index (κ1) is 13.9. The second kappa shape index (κ2) is 5.96. The van der Waals surface area contributed by atoms with Gasteiger partial charge in [-0.15, -0.1) is 5.10 Å². The van der Waals surface area contributed by atoms with E-state index in [1.54, 1.807) is 13.8 Å². The molecule has 0 aliphatic heterocycles. The van der Waals surface area contributed by atoms with E-state index in [4.69, 9.17) is 5.26 Å². The molecule has 1 amide bonds. The summed E-state index contributed by atoms with van der Waals surface area (Å²) in [6, 6.07) is 1.62. The van der Waals surface area contributed by atoms with E-state index >= 15 is 0 Å². The number of aryl methyl sites for hydroxylation is 1. The molecule has 1 heterocycles. The number of likely N-dealkylation sites (N-methyl/N-ethyl adjacent to an activating group) is 1. The lowest BCUT2D eigenvalue weighted by Crippen LogP contribution is -2.37. The van der Waals surface area contributed by atoms with Gasteiger partial charge in [0.05, 0.1) is 5.69 Å². The van der Waals surface area contributed by atoms with Gasteiger partial charge in [0.25, 0.3) is 0 Å². The molecule has 1 aromatic heterocycles. The minimum absolute atomic E-state index is 0.138. The summed E-state index contributed by atoms with van der Waals surface area (Å²) in [4.78, 5) is 11.6. The van der Waals surface area contributed by atoms with Crippen molar-refractivity contribution in [3.63, 3.8) is 0 Å². The molecule has 0 fully saturated rings. The Bertz CT molecular complexity index is 492. The average Bonchev–Trinajstić information content (AvgIpc) is 2.34. The highest BCUT2D eigenvalue weighted by Gasteiger charge is 2.16. The Morgan fingerprint density at radius 2 is 2.11 bits per heavy atom. The van der Waals surface area contributed by atoms with E-state index in [0.717, 1.165) is 5.56 Å². The van der Waals surface area contributed by atoms with Crippen molar-refractivity contribution in [3.8, 4) is 6.07 Å². The van der Waals surface area contributed by atoms with E-state index in [-0.39, 0.29) is 5.91 Å². The lowest BCUT2D eigenvalue weighted by molar-refractivity contribution is -0.121. The summed E-state index contributed by atoms with van der Waals surface area (Å²) < 4.78 is 0. The number of nitrogens with zero attached hydrogens (tertiary/aromatic N) is 3. The smallest absolute Gasteiger partial charge is 0.242 e. The van der Waals surface area contributed by atoms with Crippen LogP contribution in [0.4, 0.5) is 5.82 Å². The van der Waals surface area contributed by atoms with Crippen molar-refractivity contribution in [2.45, 2.75) is 33.7 Å². The number of hydrogen-bond acceptors (Lipinski definition) is 5. The van der Waals surface area contributed by atoms with E-state index in [0.29, 0.717) is 23.6 Å². The van der Waals surface area contributed by atoms with Crippen molar-refractivity contribution in [2.75, 3.05) is 11.9 Å². The second-order valence-corrected chi connectivity index (χ2v) is 4.01. The molecule has 6 nitrogen and oxygen atoms in total. The molecule has 1 aromatic rings. The van der Waals surface area contributed by atoms with E-state index in [1.807, 2.05) is 13.8 Å². The maximum absolute atomic E-state index is 11.6. The van der Waals surface area contributed by atoms with Crippen LogP contribution in [0.2, 0.25) is 0 Å². The Morgan fingerprint density at radius 1 is 1.44 bits per heavy atom. The third kappa shape index (κ3) is 2.94. The topological polar surface area (TPSA) is 90.7 Å². The number of hydrogen-bond donors (Lipinski definition) is 2. The first-order valence-corrected chi connectivity index (χ1v) is 5.79. The van der Waals surface area contributed by atoms with Crippen LogP contribution in [0.3, 0.4) is 0 Å². The highest BCUT2D eigenvalue weighted by molar-refractivity contribution is 5.84. The fourth-order valence-corrected chi connectivity index (χ4v) is 1.44. The fraction of sp³-hybridized carbons (Fsp3) is 0.500. The van der Waals surface area contributed by atoms with E-state index in [2.05, 4.69) is 26.9 Å². The summed E-state index contributed by atoms with van der Waals surface area (Å²) in [5.41, 5.74) is 1.92. The third-order valence-corrected chi connectivity index (χ3v) is 2.66. The molecule has 96 valence electrons. The van der Waals surface area contributed by atoms with Crippen LogP contribution >= 0.6 is 0 Å². The number of nitrogens with one attached hydrogen (secondary N) is 2. The average molecular weight is 247 g/mol. The molecular weight excluding hydrogens is 230 g/mol. The molecule has 0 spiro atoms. The highest BCUT2D eigenvalue weighted by Crippen LogP contribution is 2.17. The van der Waals surface area contributed by atoms with Crippen molar-refractivity contribution in [2.24, 2.45) is 0 Å². The minimum Gasteiger partial charge on any atom is -0.356 e. The summed E-state index contributed by atoms with van der Waals surface area (Å²) in [6.07, 6.45) is 0. The summed E-state index contributed by atoms with van der Waals surface area (Å²) in [5, 5.41) is 22.6. The predicted molar refractivity (Wildman–Crippen MR) is 68.0 cm³/mol. The van der Waals surface area contributed by atoms with E-state index < -0.39 is 6.04 Å². The van der Waals surface area contributed by atoms with Crippen LogP contribution in [0.25, 0.3) is 0 Å². The Kier molecular flexibility index (Phi) is 4.60. The Labute approximate surface area is 106 Å². The van der Waals surface area contributed by atoms with Gasteiger partial charge >= 0.3 is 0 Å². The van der Waals surface area contributed by atoms with Crippen LogP contribution in [-0.4, -0.2) is 28.7 Å². The van der Waals surface area contributed by atoms with Gasteiger partial charge in [-0.3, -0.25) is 4.79 Å². The summed E-state index contributed by atoms with van der Waals surface area (Å²) >= 11 is 0. The number of nitriles is 1. The minimum atomic E-state index is -0.464. The molecule has 1 rings (SSSR count). The fourth-order valence-electron chi connectivity index (χ4n) is 1.44. The van der Waals surface area contributed by atoms with Gasteiger partial charge in [-0.2, -0.15) is 10.4 Å². The van der Waals surface area contributed by atoms with Gasteiger partial charge in [0, 0.05) is 6.54 Å². The number of amides is 1. The highest BCUT2D eigenvalue weighted by atomic mass is 16.2. The van der Waals surface area contributed by atoms with Gasteiger partial charge in [0.1, 0.15) is 17.7 Å². The first-order valence-electron chi connectivity index (χ1n) is 5.79. The Morgan fingerprint density at radius 3 is 2.67 bits per heavy atom. The maximum Gasteiger partial charge on any atom is 0.242 e. The zero-order chi connectivity index (χ0) is 13.7. The standard InChI is InChI=1S/C12H17N5O/c1-5-14-12(18)9(4)15-11-10(6-13)7(2)8(3)16-17-11/h9H,5H2,1-4H3,(H,14,18)(H,15,17). The molecule has 0 radical (unpaired) electrons. The number of rotatable bonds is 4. The number of anilines is 1. The van der Waals surface area contributed by atoms with E-state index in [9.17, 15) is 4.79 Å². The zero-order valence-corrected chi connectivity index (χ0v) is 11.0. The van der Waals surface area contributed by atoms with Gasteiger partial charge in [0.15, 0.2) is 5.82 Å². The Balaban J connectivity index is 2.95. The second-order valence-electron chi connectivity index (χ2n) is 4.01. The van der Waals surface area contributed by atoms with Crippen molar-refractivity contribution in [1.29, 1.82) is 5.26 Å². The van der Waals surface area contributed by atoms with Crippen LogP contribution < -0.4 is 10.6 Å². The zero-order valence-electron chi connectivity index (χ0n) is 11.0. The molecule has 0 aliphatic rings. The van der Waals surface area contributed by atoms with Crippen molar-refractivity contribution in [3.05, 3.63) is 16.8 Å². The largest absolute Gasteiger partial charge is 0.356 e. The van der Waals surface area contributed by atoms with Crippen LogP contribution in [0.1, 0.15) is 30.7 Å². The third-order valence-electron chi connectivity index (χ3n) is 2.66. The summed E-state index contributed by atoms with van der Waals surface area (Å²) in [7, 11) is 0. The molecule has 0 aromatic carbocycles. The molecule has 0 saturated heterocycles. The first-order chi connectivity index (χ1) is 8.51. The van der Waals surface area contributed by atoms with Gasteiger partial charge in [0.2, 0.25) is 5.91 Å². The molecule has 0 saturated carbocycles. The van der Waals surface area contributed by atoms with Gasteiger partial charge in [-0.05, 0) is 33.3 Å². The van der Waals surface area contributed by atoms with Crippen molar-refractivity contribution in [1.82, 2.24) is 15.5 Å². The lowest BCUT2D eigenvalue weighted by Gasteiger charge is -2.15. The molecule has 6 heteroatoms. The molecule has 2 N–H and O–H groups in total. The number of carbonyl (C=O) groups excluding carboxylic acids is 1. The summed E-state index contributed by atoms with van der Waals surface area (Å²) in [6.45, 7) is 7.73. The van der Waals surface area contributed by atoms with Crippen molar-refractivity contribution >= 4 is 11.7 Å². The lowest BCUT2D eigenvalue weighted by atomic mass is 10.1. The molecule has 18 heavy (non-hydrogen) atoms. The molecule has 1 atom stereocenters. The van der Waals surface area contributed by atoms with Gasteiger partial charge in [-0.25, -0.2) is 0 Å². The van der Waals surface area contributed by atoms with Crippen LogP contribution in [0, 0.1) is 25.2 Å². The number of carbonyl (C=O) groups is 1. The normalized spacial score (nSPS) is 11.5. The molecule has 0 aliphatic carbocycles. The van der Waals surface area contributed by atoms with Crippen LogP contribution in [0.15, 0.2) is 0 Å². The SMILES string of the molecule is CCNC(=O)C(C)Nc1nnc(C)c(C)c1C#N. The maximum atomic E-state index is 11.6. The molecule has 1 unspecified atom stereocenters. The molecular formula is C12H17N5O. The predicted octanol–water partition coefficient (Wildman–Crippen LogP) is 0.902. The molecule has 0 bridgehead atoms. The monoisotopic (exact) mass is 247 g/mol. The Hall–Kier alpha value is -2.16. The quantitative estimate of drug-likeness (QED) is 0.825. The van der Waals surface area contributed by atoms with Gasteiger partial charge < -0.3 is 10.6 Å². The van der Waals surface area contributed by atoms with Crippen LogP contribution in [0.5, 0.6) is 0 Å². The van der Waals surface area contributed by atoms with Crippen molar-refractivity contribution < 1.29 is 4.79 Å². The number of aromatic nitrogens is 2. The van der Waals surface area contributed by atoms with E-state index in [1.165, 1.54) is 0 Å². The van der Waals surface area contributed by atoms with Crippen LogP contribution in [-0.2, 0) is 4.79 Å².